The summed E-state index contributed by atoms with van der Waals surface area (Å²) in [7, 11) is 1.29. The number of carboxylic acids is 1. The van der Waals surface area contributed by atoms with Gasteiger partial charge in [-0.15, -0.1) is 13.2 Å². The third-order valence-corrected chi connectivity index (χ3v) is 5.58. The molecule has 2 aromatic carbocycles. The number of hydrogen-bond acceptors (Lipinski definition) is 6. The summed E-state index contributed by atoms with van der Waals surface area (Å²) < 4.78 is 67.2. The summed E-state index contributed by atoms with van der Waals surface area (Å²) in [5.74, 6) is -4.08. The normalized spacial score (nSPS) is 16.9. The van der Waals surface area contributed by atoms with Crippen molar-refractivity contribution in [3.8, 4) is 17.2 Å². The number of benzene rings is 2. The van der Waals surface area contributed by atoms with Crippen molar-refractivity contribution in [1.29, 1.82) is 0 Å². The molecule has 0 saturated heterocycles. The number of pyridine rings is 1. The Morgan fingerprint density at radius 1 is 1.14 bits per heavy atom. The average molecular weight is 506 g/mol. The van der Waals surface area contributed by atoms with E-state index in [2.05, 4.69) is 15.0 Å². The van der Waals surface area contributed by atoms with E-state index in [4.69, 9.17) is 9.47 Å². The number of carboxylic acid groups (broad SMARTS) is 1. The van der Waals surface area contributed by atoms with E-state index in [0.717, 1.165) is 18.2 Å². The highest BCUT2D eigenvalue weighted by molar-refractivity contribution is 6.00. The van der Waals surface area contributed by atoms with Crippen LogP contribution in [0.4, 0.5) is 17.6 Å². The number of carbonyl (C=O) groups excluding carboxylic acids is 1. The second-order valence-corrected chi connectivity index (χ2v) is 7.72. The molecule has 3 aromatic rings. The molecule has 2 heterocycles. The minimum Gasteiger partial charge on any atom is -0.496 e. The molecule has 0 radical (unpaired) electrons. The van der Waals surface area contributed by atoms with Crippen LogP contribution in [0.15, 0.2) is 54.7 Å². The highest BCUT2D eigenvalue weighted by Crippen LogP contribution is 2.42. The lowest BCUT2D eigenvalue weighted by atomic mass is 9.81. The summed E-state index contributed by atoms with van der Waals surface area (Å²) in [5, 5.41) is 12.1. The zero-order valence-electron chi connectivity index (χ0n) is 18.6. The number of amides is 1. The molecule has 4 rings (SSSR count). The van der Waals surface area contributed by atoms with Crippen LogP contribution in [0.5, 0.6) is 17.2 Å². The van der Waals surface area contributed by atoms with Crippen molar-refractivity contribution >= 4 is 11.9 Å². The second-order valence-electron chi connectivity index (χ2n) is 7.72. The van der Waals surface area contributed by atoms with Gasteiger partial charge < -0.3 is 24.6 Å². The van der Waals surface area contributed by atoms with Crippen molar-refractivity contribution in [3.05, 3.63) is 82.9 Å². The summed E-state index contributed by atoms with van der Waals surface area (Å²) in [6, 6.07) is 9.63. The number of nitrogens with zero attached hydrogens (tertiary/aromatic N) is 1. The van der Waals surface area contributed by atoms with Gasteiger partial charge in [-0.05, 0) is 48.0 Å². The lowest BCUT2D eigenvalue weighted by Crippen LogP contribution is -2.50. The maximum absolute atomic E-state index is 14.7. The number of hydrogen-bond donors (Lipinski definition) is 2. The number of methoxy groups -OCH3 is 1. The Balaban J connectivity index is 1.84. The fraction of sp³-hybridized carbons (Fsp3) is 0.208. The first kappa shape index (κ1) is 24.8. The summed E-state index contributed by atoms with van der Waals surface area (Å²) in [6.45, 7) is 0.0493. The molecular formula is C24H18F4N2O6. The standard InChI is InChI=1S/C24H18F4N2O6/c1-34-17-6-4-13(22(32)33)11-15(17)21(31)30-23(8-10-35-19-3-2-9-29-20(19)23)14-5-7-18(16(25)12-14)36-24(26,27)28/h2-7,9,11-12H,8,10H2,1H3,(H,30,31)(H,32,33)/t23-/m0/s1. The van der Waals surface area contributed by atoms with E-state index >= 15 is 0 Å². The van der Waals surface area contributed by atoms with Gasteiger partial charge in [0, 0.05) is 12.6 Å². The largest absolute Gasteiger partial charge is 0.573 e. The van der Waals surface area contributed by atoms with E-state index in [1.807, 2.05) is 0 Å². The van der Waals surface area contributed by atoms with Crippen molar-refractivity contribution in [1.82, 2.24) is 10.3 Å². The summed E-state index contributed by atoms with van der Waals surface area (Å²) in [6.07, 6.45) is -3.66. The van der Waals surface area contributed by atoms with Crippen LogP contribution >= 0.6 is 0 Å². The van der Waals surface area contributed by atoms with Crippen LogP contribution in [0.3, 0.4) is 0 Å². The Morgan fingerprint density at radius 3 is 2.56 bits per heavy atom. The van der Waals surface area contributed by atoms with Crippen molar-refractivity contribution in [3.63, 3.8) is 0 Å². The van der Waals surface area contributed by atoms with Gasteiger partial charge >= 0.3 is 12.3 Å². The molecule has 12 heteroatoms. The minimum absolute atomic E-state index is 0.0304. The predicted octanol–water partition coefficient (Wildman–Crippen LogP) is 4.28. The Kier molecular flexibility index (Phi) is 6.44. The molecule has 1 amide bonds. The van der Waals surface area contributed by atoms with Gasteiger partial charge in [0.2, 0.25) is 0 Å². The summed E-state index contributed by atoms with van der Waals surface area (Å²) in [5.41, 5.74) is -1.60. The molecule has 0 spiro atoms. The summed E-state index contributed by atoms with van der Waals surface area (Å²) in [4.78, 5) is 29.2. The van der Waals surface area contributed by atoms with Gasteiger partial charge in [0.15, 0.2) is 11.6 Å². The zero-order valence-corrected chi connectivity index (χ0v) is 18.6. The van der Waals surface area contributed by atoms with Crippen molar-refractivity contribution in [2.75, 3.05) is 13.7 Å². The van der Waals surface area contributed by atoms with Gasteiger partial charge in [0.1, 0.15) is 22.7 Å². The van der Waals surface area contributed by atoms with Gasteiger partial charge in [-0.3, -0.25) is 9.78 Å². The number of rotatable bonds is 6. The van der Waals surface area contributed by atoms with Crippen LogP contribution in [-0.2, 0) is 5.54 Å². The van der Waals surface area contributed by atoms with Crippen LogP contribution in [0.2, 0.25) is 0 Å². The SMILES string of the molecule is COc1ccc(C(=O)O)cc1C(=O)N[C@]1(c2ccc(OC(F)(F)F)c(F)c2)CCOc2cccnc21. The molecule has 0 aliphatic carbocycles. The van der Waals surface area contributed by atoms with Crippen molar-refractivity contribution in [2.24, 2.45) is 0 Å². The number of aromatic nitrogens is 1. The van der Waals surface area contributed by atoms with Crippen LogP contribution in [-0.4, -0.2) is 42.0 Å². The highest BCUT2D eigenvalue weighted by atomic mass is 19.4. The Labute approximate surface area is 201 Å². The van der Waals surface area contributed by atoms with Gasteiger partial charge in [-0.25, -0.2) is 9.18 Å². The maximum atomic E-state index is 14.7. The molecule has 2 N–H and O–H groups in total. The fourth-order valence-electron chi connectivity index (χ4n) is 3.99. The topological polar surface area (TPSA) is 107 Å². The number of fused-ring (bicyclic) bond motifs is 1. The van der Waals surface area contributed by atoms with Crippen molar-refractivity contribution < 1.29 is 46.5 Å². The number of aromatic carboxylic acids is 1. The number of halogens is 4. The second kappa shape index (κ2) is 9.36. The van der Waals surface area contributed by atoms with Crippen LogP contribution < -0.4 is 19.5 Å². The lowest BCUT2D eigenvalue weighted by Gasteiger charge is -2.39. The van der Waals surface area contributed by atoms with Gasteiger partial charge in [-0.1, -0.05) is 6.07 Å². The lowest BCUT2D eigenvalue weighted by molar-refractivity contribution is -0.275. The number of alkyl halides is 3. The molecule has 1 atom stereocenters. The third kappa shape index (κ3) is 4.74. The first-order chi connectivity index (χ1) is 17.0. The van der Waals surface area contributed by atoms with Crippen molar-refractivity contribution in [2.45, 2.75) is 18.3 Å². The Bertz CT molecular complexity index is 1330. The number of nitrogens with one attached hydrogen (secondary N) is 1. The van der Waals surface area contributed by atoms with E-state index in [0.29, 0.717) is 0 Å². The molecule has 0 unspecified atom stereocenters. The van der Waals surface area contributed by atoms with Gasteiger partial charge in [-0.2, -0.15) is 0 Å². The first-order valence-corrected chi connectivity index (χ1v) is 10.4. The third-order valence-electron chi connectivity index (χ3n) is 5.58. The van der Waals surface area contributed by atoms with E-state index in [9.17, 15) is 32.3 Å². The smallest absolute Gasteiger partial charge is 0.496 e. The number of carbonyl (C=O) groups is 2. The van der Waals surface area contributed by atoms with Crippen LogP contribution in [0.1, 0.15) is 38.4 Å². The van der Waals surface area contributed by atoms with E-state index in [-0.39, 0.29) is 46.9 Å². The highest BCUT2D eigenvalue weighted by Gasteiger charge is 2.44. The van der Waals surface area contributed by atoms with Crippen LogP contribution in [0, 0.1) is 5.82 Å². The van der Waals surface area contributed by atoms with Gasteiger partial charge in [0.05, 0.1) is 24.8 Å². The molecule has 0 fully saturated rings. The molecule has 36 heavy (non-hydrogen) atoms. The maximum Gasteiger partial charge on any atom is 0.573 e. The van der Waals surface area contributed by atoms with E-state index in [1.165, 1.54) is 31.5 Å². The van der Waals surface area contributed by atoms with E-state index < -0.39 is 35.3 Å². The quantitative estimate of drug-likeness (QED) is 0.481. The van der Waals surface area contributed by atoms with E-state index in [1.54, 1.807) is 12.1 Å². The molecular weight excluding hydrogens is 488 g/mol. The molecule has 1 aliphatic rings. The Hall–Kier alpha value is -4.35. The molecule has 188 valence electrons. The van der Waals surface area contributed by atoms with Crippen LogP contribution in [0.25, 0.3) is 0 Å². The summed E-state index contributed by atoms with van der Waals surface area (Å²) >= 11 is 0. The zero-order chi connectivity index (χ0) is 26.1. The molecule has 0 bridgehead atoms. The predicted molar refractivity (Wildman–Crippen MR) is 116 cm³/mol. The molecule has 1 aliphatic heterocycles. The minimum atomic E-state index is -5.10. The average Bonchev–Trinajstić information content (AvgIpc) is 2.84. The monoisotopic (exact) mass is 506 g/mol. The number of ether oxygens (including phenoxy) is 3. The van der Waals surface area contributed by atoms with Gasteiger partial charge in [0.25, 0.3) is 5.91 Å². The molecule has 0 saturated carbocycles. The molecule has 1 aromatic heterocycles. The first-order valence-electron chi connectivity index (χ1n) is 10.4. The molecule has 8 nitrogen and oxygen atoms in total. The Morgan fingerprint density at radius 2 is 1.89 bits per heavy atom. The fourth-order valence-corrected chi connectivity index (χ4v) is 3.99.